The second-order valence-electron chi connectivity index (χ2n) is 5.41. The molecule has 1 aromatic heterocycles. The average molecular weight is 269 g/mol. The van der Waals surface area contributed by atoms with E-state index in [9.17, 15) is 5.11 Å². The van der Waals surface area contributed by atoms with E-state index in [1.54, 1.807) is 0 Å². The molecular weight excluding hydrogens is 250 g/mol. The van der Waals surface area contributed by atoms with Crippen molar-refractivity contribution in [1.82, 2.24) is 5.32 Å². The number of nitrogens with one attached hydrogen (secondary N) is 1. The second-order valence-corrected chi connectivity index (χ2v) is 5.41. The van der Waals surface area contributed by atoms with Gasteiger partial charge in [-0.1, -0.05) is 50.2 Å². The first kappa shape index (κ1) is 13.2. The third-order valence-electron chi connectivity index (χ3n) is 3.49. The van der Waals surface area contributed by atoms with Gasteiger partial charge in [-0.25, -0.2) is 0 Å². The molecule has 3 rings (SSSR count). The van der Waals surface area contributed by atoms with Gasteiger partial charge in [-0.2, -0.15) is 0 Å². The van der Waals surface area contributed by atoms with Crippen LogP contribution in [0.25, 0.3) is 21.7 Å². The van der Waals surface area contributed by atoms with Crippen LogP contribution in [0.1, 0.15) is 25.6 Å². The highest BCUT2D eigenvalue weighted by Crippen LogP contribution is 2.30. The number of fused-ring (bicyclic) bond motifs is 3. The number of aliphatic hydroxyl groups excluding tert-OH is 1. The van der Waals surface area contributed by atoms with Crippen molar-refractivity contribution in [3.05, 3.63) is 48.2 Å². The lowest BCUT2D eigenvalue weighted by Crippen LogP contribution is -2.30. The molecule has 0 bridgehead atoms. The van der Waals surface area contributed by atoms with Crippen LogP contribution in [0.5, 0.6) is 0 Å². The molecule has 0 fully saturated rings. The van der Waals surface area contributed by atoms with Crippen molar-refractivity contribution in [3.63, 3.8) is 0 Å². The molecule has 0 saturated heterocycles. The first-order chi connectivity index (χ1) is 9.69. The minimum Gasteiger partial charge on any atom is -0.459 e. The number of benzene rings is 2. The normalized spacial score (nSPS) is 13.4. The van der Waals surface area contributed by atoms with Crippen molar-refractivity contribution in [1.29, 1.82) is 0 Å². The van der Waals surface area contributed by atoms with Crippen molar-refractivity contribution >= 4 is 21.7 Å². The molecule has 0 aliphatic heterocycles. The Bertz CT molecular complexity index is 730. The van der Waals surface area contributed by atoms with E-state index in [-0.39, 0.29) is 18.7 Å². The third-order valence-corrected chi connectivity index (χ3v) is 3.49. The summed E-state index contributed by atoms with van der Waals surface area (Å²) in [5.41, 5.74) is 0.891. The molecule has 104 valence electrons. The summed E-state index contributed by atoms with van der Waals surface area (Å²) in [6, 6.07) is 14.5. The van der Waals surface area contributed by atoms with E-state index >= 15 is 0 Å². The molecule has 0 amide bonds. The van der Waals surface area contributed by atoms with E-state index in [1.807, 2.05) is 18.2 Å². The van der Waals surface area contributed by atoms with Gasteiger partial charge in [0.05, 0.1) is 12.6 Å². The highest BCUT2D eigenvalue weighted by atomic mass is 16.3. The van der Waals surface area contributed by atoms with E-state index in [2.05, 4.69) is 43.4 Å². The Labute approximate surface area is 118 Å². The fourth-order valence-electron chi connectivity index (χ4n) is 2.59. The van der Waals surface area contributed by atoms with E-state index < -0.39 is 0 Å². The van der Waals surface area contributed by atoms with Gasteiger partial charge < -0.3 is 14.8 Å². The number of hydrogen-bond acceptors (Lipinski definition) is 3. The fourth-order valence-corrected chi connectivity index (χ4v) is 2.59. The van der Waals surface area contributed by atoms with Crippen molar-refractivity contribution in [2.24, 2.45) is 0 Å². The molecule has 0 saturated carbocycles. The molecule has 0 spiro atoms. The number of aliphatic hydroxyl groups is 1. The van der Waals surface area contributed by atoms with Crippen LogP contribution >= 0.6 is 0 Å². The summed E-state index contributed by atoms with van der Waals surface area (Å²) < 4.78 is 6.01. The Hall–Kier alpha value is -1.84. The number of furan rings is 1. The smallest absolute Gasteiger partial charge is 0.142 e. The molecule has 3 aromatic rings. The monoisotopic (exact) mass is 269 g/mol. The maximum Gasteiger partial charge on any atom is 0.142 e. The molecule has 0 radical (unpaired) electrons. The van der Waals surface area contributed by atoms with Gasteiger partial charge >= 0.3 is 0 Å². The van der Waals surface area contributed by atoms with Crippen molar-refractivity contribution in [3.8, 4) is 0 Å². The summed E-state index contributed by atoms with van der Waals surface area (Å²) in [5.74, 6) is 0.785. The summed E-state index contributed by atoms with van der Waals surface area (Å²) in [6.07, 6.45) is 0. The van der Waals surface area contributed by atoms with E-state index in [1.165, 1.54) is 5.39 Å². The minimum atomic E-state index is -0.166. The lowest BCUT2D eigenvalue weighted by Gasteiger charge is -2.16. The standard InChI is InChI=1S/C17H19NO2/c1-11(2)18-15(10-19)16-9-13-8-7-12-5-3-4-6-14(12)17(13)20-16/h3-9,11,15,18-19H,10H2,1-2H3. The maximum atomic E-state index is 9.54. The van der Waals surface area contributed by atoms with Gasteiger partial charge in [0.25, 0.3) is 0 Å². The van der Waals surface area contributed by atoms with Gasteiger partial charge in [-0.15, -0.1) is 0 Å². The molecule has 1 unspecified atom stereocenters. The van der Waals surface area contributed by atoms with Crippen LogP contribution in [-0.2, 0) is 0 Å². The second kappa shape index (κ2) is 5.27. The first-order valence-corrected chi connectivity index (χ1v) is 6.97. The van der Waals surface area contributed by atoms with Crippen LogP contribution in [-0.4, -0.2) is 17.8 Å². The van der Waals surface area contributed by atoms with Crippen molar-refractivity contribution in [2.45, 2.75) is 25.9 Å². The molecule has 0 aliphatic carbocycles. The lowest BCUT2D eigenvalue weighted by atomic mass is 10.1. The molecular formula is C17H19NO2. The number of hydrogen-bond donors (Lipinski definition) is 2. The molecule has 1 atom stereocenters. The molecule has 2 N–H and O–H groups in total. The zero-order chi connectivity index (χ0) is 14.1. The zero-order valence-electron chi connectivity index (χ0n) is 11.8. The maximum absolute atomic E-state index is 9.54. The van der Waals surface area contributed by atoms with E-state index in [0.717, 1.165) is 22.1 Å². The predicted molar refractivity (Wildman–Crippen MR) is 81.8 cm³/mol. The van der Waals surface area contributed by atoms with E-state index in [0.29, 0.717) is 0 Å². The summed E-state index contributed by atoms with van der Waals surface area (Å²) in [4.78, 5) is 0. The highest BCUT2D eigenvalue weighted by Gasteiger charge is 2.17. The first-order valence-electron chi connectivity index (χ1n) is 6.97. The largest absolute Gasteiger partial charge is 0.459 e. The Morgan fingerprint density at radius 2 is 1.85 bits per heavy atom. The van der Waals surface area contributed by atoms with Crippen LogP contribution < -0.4 is 5.32 Å². The van der Waals surface area contributed by atoms with Crippen LogP contribution in [0, 0.1) is 0 Å². The molecule has 0 aliphatic rings. The lowest BCUT2D eigenvalue weighted by molar-refractivity contribution is 0.221. The molecule has 2 aromatic carbocycles. The average Bonchev–Trinajstić information content (AvgIpc) is 2.88. The molecule has 3 nitrogen and oxygen atoms in total. The summed E-state index contributed by atoms with van der Waals surface area (Å²) in [6.45, 7) is 4.14. The van der Waals surface area contributed by atoms with Gasteiger partial charge in [-0.05, 0) is 11.5 Å². The van der Waals surface area contributed by atoms with Crippen LogP contribution in [0.3, 0.4) is 0 Å². The quantitative estimate of drug-likeness (QED) is 0.760. The van der Waals surface area contributed by atoms with Gasteiger partial charge in [-0.3, -0.25) is 0 Å². The van der Waals surface area contributed by atoms with Crippen LogP contribution in [0.15, 0.2) is 46.9 Å². The van der Waals surface area contributed by atoms with Gasteiger partial charge in [0.2, 0.25) is 0 Å². The minimum absolute atomic E-state index is 0.0237. The van der Waals surface area contributed by atoms with Crippen molar-refractivity contribution in [2.75, 3.05) is 6.61 Å². The van der Waals surface area contributed by atoms with E-state index in [4.69, 9.17) is 4.42 Å². The van der Waals surface area contributed by atoms with Crippen LogP contribution in [0.2, 0.25) is 0 Å². The molecule has 1 heterocycles. The van der Waals surface area contributed by atoms with Gasteiger partial charge in [0, 0.05) is 16.8 Å². The van der Waals surface area contributed by atoms with Crippen molar-refractivity contribution < 1.29 is 9.52 Å². The molecule has 3 heteroatoms. The number of rotatable bonds is 4. The summed E-state index contributed by atoms with van der Waals surface area (Å²) >= 11 is 0. The zero-order valence-corrected chi connectivity index (χ0v) is 11.8. The topological polar surface area (TPSA) is 45.4 Å². The summed E-state index contributed by atoms with van der Waals surface area (Å²) in [5, 5.41) is 16.2. The SMILES string of the molecule is CC(C)NC(CO)c1cc2ccc3ccccc3c2o1. The van der Waals surface area contributed by atoms with Gasteiger partial charge in [0.1, 0.15) is 11.3 Å². The fraction of sp³-hybridized carbons (Fsp3) is 0.294. The van der Waals surface area contributed by atoms with Crippen LogP contribution in [0.4, 0.5) is 0 Å². The molecule has 20 heavy (non-hydrogen) atoms. The Morgan fingerprint density at radius 3 is 2.60 bits per heavy atom. The highest BCUT2D eigenvalue weighted by molar-refractivity contribution is 6.04. The summed E-state index contributed by atoms with van der Waals surface area (Å²) in [7, 11) is 0. The third kappa shape index (κ3) is 2.30. The Balaban J connectivity index is 2.12. The van der Waals surface area contributed by atoms with Gasteiger partial charge in [0.15, 0.2) is 0 Å². The Kier molecular flexibility index (Phi) is 3.47. The predicted octanol–water partition coefficient (Wildman–Crippen LogP) is 3.62. The Morgan fingerprint density at radius 1 is 1.10 bits per heavy atom.